The summed E-state index contributed by atoms with van der Waals surface area (Å²) in [7, 11) is -4.90. The van der Waals surface area contributed by atoms with E-state index in [-0.39, 0.29) is 48.5 Å². The third-order valence-corrected chi connectivity index (χ3v) is 4.36. The molecule has 0 bridgehead atoms. The molecular weight excluding hydrogens is 333 g/mol. The molecule has 7 nitrogen and oxygen atoms in total. The third-order valence-electron chi connectivity index (χ3n) is 3.44. The molecule has 122 valence electrons. The molecule has 1 fully saturated rings. The second-order valence-corrected chi connectivity index (χ2v) is 6.84. The van der Waals surface area contributed by atoms with E-state index in [1.54, 1.807) is 24.3 Å². The molecule has 1 aromatic carbocycles. The number of benzene rings is 1. The van der Waals surface area contributed by atoms with E-state index in [1.165, 1.54) is 0 Å². The fraction of sp³-hybridized carbons (Fsp3) is 0.500. The maximum absolute atomic E-state index is 11.7. The zero-order valence-electron chi connectivity index (χ0n) is 12.8. The Morgan fingerprint density at radius 3 is 2.48 bits per heavy atom. The average Bonchev–Trinajstić information content (AvgIpc) is 3.28. The van der Waals surface area contributed by atoms with E-state index in [2.05, 4.69) is 5.32 Å². The number of amides is 1. The summed E-state index contributed by atoms with van der Waals surface area (Å²) in [6, 6.07) is 7.79. The molecule has 1 amide bonds. The minimum atomic E-state index is -4.90. The molecule has 2 atom stereocenters. The molecule has 0 saturated heterocycles. The Bertz CT molecular complexity index is 605. The first-order valence-corrected chi connectivity index (χ1v) is 8.43. The van der Waals surface area contributed by atoms with Crippen LogP contribution in [0, 0.1) is 5.92 Å². The number of aliphatic hydroxyl groups excluding tert-OH is 1. The molecule has 1 unspecified atom stereocenters. The van der Waals surface area contributed by atoms with Crippen LogP contribution in [0.25, 0.3) is 0 Å². The standard InChI is InChI=1S/C14H19NO6S.Na/c16-13(22(18,19)20)12(8-10-6-7-10)15-14(17)21-9-11-4-2-1-3-5-11;/h1-5,10,12-13,16H,6-9H2,(H,15,17)(H,18,19,20);/q;+1/p-1/t12-,13?;/m0./s1. The molecule has 1 aliphatic rings. The van der Waals surface area contributed by atoms with Gasteiger partial charge in [-0.3, -0.25) is 0 Å². The normalized spacial score (nSPS) is 16.8. The summed E-state index contributed by atoms with van der Waals surface area (Å²) in [4.78, 5) is 11.7. The molecule has 1 aromatic rings. The second-order valence-electron chi connectivity index (χ2n) is 5.38. The van der Waals surface area contributed by atoms with Crippen LogP contribution in [-0.2, 0) is 21.5 Å². The number of aliphatic hydroxyl groups is 1. The van der Waals surface area contributed by atoms with Crippen LogP contribution in [0.15, 0.2) is 30.3 Å². The van der Waals surface area contributed by atoms with Crippen molar-refractivity contribution in [1.82, 2.24) is 5.32 Å². The van der Waals surface area contributed by atoms with Crippen LogP contribution in [-0.4, -0.2) is 35.6 Å². The minimum Gasteiger partial charge on any atom is -0.746 e. The van der Waals surface area contributed by atoms with Gasteiger partial charge in [-0.15, -0.1) is 0 Å². The van der Waals surface area contributed by atoms with Gasteiger partial charge in [-0.2, -0.15) is 0 Å². The number of rotatable bonds is 7. The molecule has 0 aliphatic heterocycles. The zero-order valence-corrected chi connectivity index (χ0v) is 15.7. The predicted molar refractivity (Wildman–Crippen MR) is 76.6 cm³/mol. The molecule has 2 N–H and O–H groups in total. The van der Waals surface area contributed by atoms with Gasteiger partial charge in [0.25, 0.3) is 0 Å². The predicted octanol–water partition coefficient (Wildman–Crippen LogP) is -2.05. The monoisotopic (exact) mass is 351 g/mol. The molecule has 0 heterocycles. The van der Waals surface area contributed by atoms with Crippen LogP contribution in [0.3, 0.4) is 0 Å². The number of carbonyl (C=O) groups excluding carboxylic acids is 1. The molecule has 1 aliphatic carbocycles. The number of carbonyl (C=O) groups is 1. The Hall–Kier alpha value is -0.640. The van der Waals surface area contributed by atoms with E-state index >= 15 is 0 Å². The topological polar surface area (TPSA) is 116 Å². The molecule has 1 saturated carbocycles. The van der Waals surface area contributed by atoms with E-state index in [0.717, 1.165) is 18.4 Å². The number of hydrogen-bond donors (Lipinski definition) is 2. The van der Waals surface area contributed by atoms with Crippen molar-refractivity contribution < 1.29 is 57.2 Å². The SMILES string of the molecule is O=C(N[C@@H](CC1CC1)C(O)S(=O)(=O)[O-])OCc1ccccc1.[Na+]. The number of hydrogen-bond acceptors (Lipinski definition) is 6. The number of alkyl carbamates (subject to hydrolysis) is 1. The molecule has 0 spiro atoms. The van der Waals surface area contributed by atoms with E-state index in [4.69, 9.17) is 4.74 Å². The van der Waals surface area contributed by atoms with Crippen LogP contribution in [0.5, 0.6) is 0 Å². The van der Waals surface area contributed by atoms with Gasteiger partial charge >= 0.3 is 35.7 Å². The van der Waals surface area contributed by atoms with Crippen molar-refractivity contribution in [1.29, 1.82) is 0 Å². The van der Waals surface area contributed by atoms with Crippen molar-refractivity contribution in [2.24, 2.45) is 5.92 Å². The van der Waals surface area contributed by atoms with Crippen LogP contribution in [0.1, 0.15) is 24.8 Å². The van der Waals surface area contributed by atoms with E-state index in [1.807, 2.05) is 6.07 Å². The van der Waals surface area contributed by atoms with E-state index < -0.39 is 27.7 Å². The summed E-state index contributed by atoms with van der Waals surface area (Å²) in [5, 5.41) is 11.9. The Labute approximate surface area is 157 Å². The summed E-state index contributed by atoms with van der Waals surface area (Å²) < 4.78 is 37.8. The number of ether oxygens (including phenoxy) is 1. The number of nitrogens with one attached hydrogen (secondary N) is 1. The fourth-order valence-corrected chi connectivity index (χ4v) is 2.66. The van der Waals surface area contributed by atoms with Crippen molar-refractivity contribution in [3.8, 4) is 0 Å². The largest absolute Gasteiger partial charge is 1.00 e. The Morgan fingerprint density at radius 1 is 1.35 bits per heavy atom. The quantitative estimate of drug-likeness (QED) is 0.431. The smallest absolute Gasteiger partial charge is 0.746 e. The summed E-state index contributed by atoms with van der Waals surface area (Å²) >= 11 is 0. The van der Waals surface area contributed by atoms with Gasteiger partial charge in [0.1, 0.15) is 16.7 Å². The molecular formula is C14H18NNaO6S. The fourth-order valence-electron chi connectivity index (χ4n) is 2.08. The van der Waals surface area contributed by atoms with Crippen LogP contribution in [0.4, 0.5) is 4.79 Å². The van der Waals surface area contributed by atoms with Gasteiger partial charge in [-0.05, 0) is 17.9 Å². The van der Waals surface area contributed by atoms with Gasteiger partial charge in [0.05, 0.1) is 6.04 Å². The Balaban J connectivity index is 0.00000264. The van der Waals surface area contributed by atoms with Crippen LogP contribution < -0.4 is 34.9 Å². The van der Waals surface area contributed by atoms with Crippen LogP contribution >= 0.6 is 0 Å². The third kappa shape index (κ3) is 7.19. The Kier molecular flexibility index (Phi) is 7.99. The first kappa shape index (κ1) is 20.4. The summed E-state index contributed by atoms with van der Waals surface area (Å²) in [6.07, 6.45) is 1.16. The van der Waals surface area contributed by atoms with Gasteiger partial charge < -0.3 is 19.7 Å². The molecule has 0 aromatic heterocycles. The summed E-state index contributed by atoms with van der Waals surface area (Å²) in [5.41, 5.74) is -1.40. The van der Waals surface area contributed by atoms with Gasteiger partial charge in [0.15, 0.2) is 5.44 Å². The van der Waals surface area contributed by atoms with Gasteiger partial charge in [-0.25, -0.2) is 13.2 Å². The molecule has 23 heavy (non-hydrogen) atoms. The average molecular weight is 351 g/mol. The van der Waals surface area contributed by atoms with Crippen molar-refractivity contribution in [2.45, 2.75) is 37.3 Å². The van der Waals surface area contributed by atoms with Gasteiger partial charge in [0, 0.05) is 0 Å². The maximum atomic E-state index is 11.7. The van der Waals surface area contributed by atoms with E-state index in [0.29, 0.717) is 0 Å². The molecule has 0 radical (unpaired) electrons. The zero-order chi connectivity index (χ0) is 16.2. The van der Waals surface area contributed by atoms with Crippen molar-refractivity contribution in [3.63, 3.8) is 0 Å². The first-order valence-electron chi connectivity index (χ1n) is 6.96. The van der Waals surface area contributed by atoms with Crippen LogP contribution in [0.2, 0.25) is 0 Å². The maximum Gasteiger partial charge on any atom is 1.00 e. The summed E-state index contributed by atoms with van der Waals surface area (Å²) in [5.74, 6) is 0.218. The second kappa shape index (κ2) is 9.00. The van der Waals surface area contributed by atoms with Gasteiger partial charge in [0.2, 0.25) is 0 Å². The Morgan fingerprint density at radius 2 is 1.96 bits per heavy atom. The summed E-state index contributed by atoms with van der Waals surface area (Å²) in [6.45, 7) is 0.0169. The van der Waals surface area contributed by atoms with E-state index in [9.17, 15) is 22.9 Å². The molecule has 2 rings (SSSR count). The van der Waals surface area contributed by atoms with Crippen molar-refractivity contribution in [2.75, 3.05) is 0 Å². The van der Waals surface area contributed by atoms with Crippen molar-refractivity contribution >= 4 is 16.2 Å². The van der Waals surface area contributed by atoms with Gasteiger partial charge in [-0.1, -0.05) is 43.2 Å². The minimum absolute atomic E-state index is 0. The first-order chi connectivity index (χ1) is 10.4. The van der Waals surface area contributed by atoms with Crippen molar-refractivity contribution in [3.05, 3.63) is 35.9 Å². The molecule has 9 heteroatoms.